The minimum absolute atomic E-state index is 0. The second-order valence-corrected chi connectivity index (χ2v) is 11.7. The third kappa shape index (κ3) is 9.63. The van der Waals surface area contributed by atoms with Crippen LogP contribution in [0.5, 0.6) is 0 Å². The minimum Gasteiger partial charge on any atom is -0.480 e. The molecule has 4 aliphatic carbocycles. The van der Waals surface area contributed by atoms with E-state index < -0.39 is 24.0 Å². The lowest BCUT2D eigenvalue weighted by Crippen LogP contribution is -2.66. The van der Waals surface area contributed by atoms with Crippen molar-refractivity contribution in [1.82, 2.24) is 0 Å². The lowest BCUT2D eigenvalue weighted by molar-refractivity contribution is -0.142. The van der Waals surface area contributed by atoms with E-state index in [1.165, 1.54) is 50.0 Å². The van der Waals surface area contributed by atoms with Crippen molar-refractivity contribution in [3.05, 3.63) is 0 Å². The number of ether oxygens (including phenoxy) is 1. The average Bonchev–Trinajstić information content (AvgIpc) is 2.60. The molecule has 4 fully saturated rings. The normalized spacial score (nSPS) is 31.9. The Morgan fingerprint density at radius 1 is 1.00 bits per heavy atom. The van der Waals surface area contributed by atoms with Gasteiger partial charge in [-0.15, -0.1) is 12.4 Å². The summed E-state index contributed by atoms with van der Waals surface area (Å²) < 4.78 is 4.49. The maximum absolute atomic E-state index is 11.0. The number of carboxylic acids is 1. The molecule has 4 bridgehead atoms. The van der Waals surface area contributed by atoms with Gasteiger partial charge in [0.05, 0.1) is 7.11 Å². The first-order valence-electron chi connectivity index (χ1n) is 10.2. The molecule has 0 aliphatic heterocycles. The number of hydrogen-bond donors (Lipinski definition) is 5. The second kappa shape index (κ2) is 13.4. The maximum atomic E-state index is 11.0. The Morgan fingerprint density at radius 2 is 1.42 bits per heavy atom. The van der Waals surface area contributed by atoms with Crippen LogP contribution >= 0.6 is 34.0 Å². The van der Waals surface area contributed by atoms with Gasteiger partial charge in [0.15, 0.2) is 0 Å². The molecular formula is C19H39ClN4O5S2. The molecule has 0 spiro atoms. The first-order chi connectivity index (χ1) is 13.6. The van der Waals surface area contributed by atoms with Crippen molar-refractivity contribution in [1.29, 1.82) is 0 Å². The highest BCUT2D eigenvalue weighted by molar-refractivity contribution is 8.76. The second-order valence-electron chi connectivity index (χ2n) is 8.98. The molecule has 0 unspecified atom stereocenters. The molecule has 2 atom stereocenters. The first-order valence-corrected chi connectivity index (χ1v) is 12.7. The van der Waals surface area contributed by atoms with E-state index in [2.05, 4.69) is 4.74 Å². The molecule has 184 valence electrons. The Morgan fingerprint density at radius 3 is 1.77 bits per heavy atom. The van der Waals surface area contributed by atoms with Gasteiger partial charge in [-0.1, -0.05) is 21.6 Å². The van der Waals surface area contributed by atoms with Crippen molar-refractivity contribution >= 4 is 45.9 Å². The van der Waals surface area contributed by atoms with Crippen LogP contribution in [0.2, 0.25) is 0 Å². The minimum atomic E-state index is -0.983. The van der Waals surface area contributed by atoms with E-state index in [0.717, 1.165) is 18.3 Å². The number of nitrogens with two attached hydrogens (primary N) is 4. The van der Waals surface area contributed by atoms with E-state index in [-0.39, 0.29) is 29.0 Å². The zero-order valence-corrected chi connectivity index (χ0v) is 20.5. The van der Waals surface area contributed by atoms with E-state index in [1.807, 2.05) is 0 Å². The van der Waals surface area contributed by atoms with Crippen LogP contribution in [-0.2, 0) is 14.3 Å². The average molecular weight is 503 g/mol. The van der Waals surface area contributed by atoms with E-state index in [9.17, 15) is 9.59 Å². The van der Waals surface area contributed by atoms with Gasteiger partial charge < -0.3 is 38.3 Å². The lowest BCUT2D eigenvalue weighted by Gasteiger charge is -2.59. The van der Waals surface area contributed by atoms with Crippen LogP contribution in [0.25, 0.3) is 0 Å². The summed E-state index contributed by atoms with van der Waals surface area (Å²) in [6, 6.07) is -1.39. The van der Waals surface area contributed by atoms with Gasteiger partial charge in [0.25, 0.3) is 0 Å². The molecule has 12 heteroatoms. The molecule has 11 N–H and O–H groups in total. The molecule has 0 saturated heterocycles. The van der Waals surface area contributed by atoms with E-state index >= 15 is 0 Å². The van der Waals surface area contributed by atoms with Gasteiger partial charge in [-0.2, -0.15) is 0 Å². The number of halogens is 1. The smallest absolute Gasteiger partial charge is 0.322 e. The van der Waals surface area contributed by atoms with Crippen LogP contribution in [-0.4, -0.2) is 64.3 Å². The Labute approximate surface area is 198 Å². The molecule has 9 nitrogen and oxygen atoms in total. The predicted molar refractivity (Wildman–Crippen MR) is 129 cm³/mol. The summed E-state index contributed by atoms with van der Waals surface area (Å²) in [6.07, 6.45) is 8.48. The van der Waals surface area contributed by atoms with Crippen molar-refractivity contribution in [2.45, 2.75) is 74.5 Å². The van der Waals surface area contributed by atoms with Gasteiger partial charge in [-0.3, -0.25) is 9.59 Å². The monoisotopic (exact) mass is 502 g/mol. The van der Waals surface area contributed by atoms with Crippen molar-refractivity contribution in [3.63, 3.8) is 0 Å². The largest absolute Gasteiger partial charge is 0.480 e. The van der Waals surface area contributed by atoms with E-state index in [0.29, 0.717) is 24.3 Å². The Kier molecular flexibility index (Phi) is 13.3. The highest BCUT2D eigenvalue weighted by Crippen LogP contribution is 2.55. The zero-order valence-electron chi connectivity index (χ0n) is 18.1. The van der Waals surface area contributed by atoms with Crippen LogP contribution in [0.3, 0.4) is 0 Å². The predicted octanol–water partition coefficient (Wildman–Crippen LogP) is 0.653. The Hall–Kier alpha value is -0.270. The van der Waals surface area contributed by atoms with Gasteiger partial charge >= 0.3 is 11.9 Å². The molecule has 4 rings (SSSR count). The third-order valence-corrected chi connectivity index (χ3v) is 8.55. The molecular weight excluding hydrogens is 464 g/mol. The van der Waals surface area contributed by atoms with Gasteiger partial charge in [0.2, 0.25) is 0 Å². The quantitative estimate of drug-likeness (QED) is 0.169. The number of esters is 1. The number of hydrogen-bond acceptors (Lipinski definition) is 9. The van der Waals surface area contributed by atoms with Gasteiger partial charge in [0.1, 0.15) is 12.1 Å². The van der Waals surface area contributed by atoms with Gasteiger partial charge in [-0.25, -0.2) is 0 Å². The van der Waals surface area contributed by atoms with E-state index in [4.69, 9.17) is 28.0 Å². The number of rotatable bonds is 9. The summed E-state index contributed by atoms with van der Waals surface area (Å²) in [6.45, 7) is 0. The summed E-state index contributed by atoms with van der Waals surface area (Å²) >= 11 is 0. The number of carbonyl (C=O) groups is 2. The fraction of sp³-hybridized carbons (Fsp3) is 0.895. The number of carboxylic acid groups (broad SMARTS) is 1. The van der Waals surface area contributed by atoms with Crippen LogP contribution in [0, 0.1) is 11.8 Å². The van der Waals surface area contributed by atoms with Crippen LogP contribution in [0.15, 0.2) is 0 Å². The topological polar surface area (TPSA) is 199 Å². The van der Waals surface area contributed by atoms with Gasteiger partial charge in [0, 0.05) is 22.6 Å². The van der Waals surface area contributed by atoms with Crippen LogP contribution in [0.4, 0.5) is 0 Å². The summed E-state index contributed by atoms with van der Waals surface area (Å²) in [4.78, 5) is 21.4. The van der Waals surface area contributed by atoms with Crippen LogP contribution in [0.1, 0.15) is 51.4 Å². The standard InChI is InChI=1S/C10H18N2.C9H18N2O4S2.ClH.H2O/c11-9-2-7-1-8(4-9)5-10(12,3-7)6-9;1-15-9(14)7(11)3-5-17-16-4-2-6(10)8(12)13;;/h7-8H,1-6,11-12H2;6-7H,2-5,10-11H2,1H3,(H,12,13);1H;1H2/t;6-,7-;;/m.0../s1. The molecule has 31 heavy (non-hydrogen) atoms. The fourth-order valence-electron chi connectivity index (χ4n) is 5.27. The zero-order chi connectivity index (χ0) is 21.7. The SMILES string of the molecule is COC(=O)[C@@H](N)CCSSCC[C@H](N)C(=O)O.Cl.NC12CC3CC(C1)CC(N)(C3)C2.O. The number of aliphatic carboxylic acids is 1. The molecule has 0 aromatic heterocycles. The number of carbonyl (C=O) groups excluding carboxylic acids is 1. The highest BCUT2D eigenvalue weighted by atomic mass is 35.5. The Balaban J connectivity index is 0.000000564. The summed E-state index contributed by atoms with van der Waals surface area (Å²) in [5, 5.41) is 8.54. The summed E-state index contributed by atoms with van der Waals surface area (Å²) in [5.41, 5.74) is 23.8. The molecule has 4 saturated carbocycles. The van der Waals surface area contributed by atoms with E-state index in [1.54, 1.807) is 10.8 Å². The molecule has 4 aliphatic rings. The molecule has 0 aromatic carbocycles. The van der Waals surface area contributed by atoms with Crippen molar-refractivity contribution in [2.75, 3.05) is 18.6 Å². The fourth-order valence-corrected chi connectivity index (χ4v) is 7.49. The van der Waals surface area contributed by atoms with Gasteiger partial charge in [-0.05, 0) is 63.2 Å². The number of methoxy groups -OCH3 is 1. The van der Waals surface area contributed by atoms with Crippen molar-refractivity contribution in [2.24, 2.45) is 34.8 Å². The molecule has 0 aromatic rings. The first kappa shape index (κ1) is 30.7. The molecule has 0 amide bonds. The summed E-state index contributed by atoms with van der Waals surface area (Å²) in [7, 11) is 4.37. The molecule has 0 heterocycles. The summed E-state index contributed by atoms with van der Waals surface area (Å²) in [5.74, 6) is 1.70. The Bertz CT molecular complexity index is 556. The third-order valence-electron chi connectivity index (χ3n) is 6.08. The highest BCUT2D eigenvalue weighted by Gasteiger charge is 2.54. The molecule has 0 radical (unpaired) electrons. The van der Waals surface area contributed by atoms with Crippen LogP contribution < -0.4 is 22.9 Å². The van der Waals surface area contributed by atoms with Crippen molar-refractivity contribution in [3.8, 4) is 0 Å². The maximum Gasteiger partial charge on any atom is 0.322 e. The lowest BCUT2D eigenvalue weighted by atomic mass is 9.50. The van der Waals surface area contributed by atoms with Crippen molar-refractivity contribution < 1.29 is 24.9 Å².